The third-order valence-electron chi connectivity index (χ3n) is 3.48. The van der Waals surface area contributed by atoms with Gasteiger partial charge in [0.2, 0.25) is 0 Å². The molecule has 1 unspecified atom stereocenters. The molecule has 0 aliphatic carbocycles. The van der Waals surface area contributed by atoms with Crippen molar-refractivity contribution in [3.63, 3.8) is 0 Å². The summed E-state index contributed by atoms with van der Waals surface area (Å²) in [5.74, 6) is 0.860. The number of nitrogens with one attached hydrogen (secondary N) is 1. The van der Waals surface area contributed by atoms with Crippen molar-refractivity contribution >= 4 is 5.52 Å². The highest BCUT2D eigenvalue weighted by atomic mass is 16.5. The average Bonchev–Trinajstić information content (AvgIpc) is 2.93. The molecule has 20 heavy (non-hydrogen) atoms. The predicted octanol–water partition coefficient (Wildman–Crippen LogP) is 2.65. The van der Waals surface area contributed by atoms with Gasteiger partial charge in [-0.1, -0.05) is 18.2 Å². The van der Waals surface area contributed by atoms with Crippen molar-refractivity contribution in [1.29, 1.82) is 0 Å². The van der Waals surface area contributed by atoms with Gasteiger partial charge in [-0.05, 0) is 36.9 Å². The Kier molecular flexibility index (Phi) is 3.39. The zero-order valence-corrected chi connectivity index (χ0v) is 11.6. The fraction of sp³-hybridized carbons (Fsp3) is 0.188. The second-order valence-electron chi connectivity index (χ2n) is 4.63. The van der Waals surface area contributed by atoms with Crippen LogP contribution in [-0.4, -0.2) is 23.8 Å². The Morgan fingerprint density at radius 3 is 2.90 bits per heavy atom. The zero-order valence-electron chi connectivity index (χ0n) is 11.6. The maximum absolute atomic E-state index is 5.31. The van der Waals surface area contributed by atoms with Crippen molar-refractivity contribution in [2.45, 2.75) is 6.04 Å². The molecule has 4 nitrogen and oxygen atoms in total. The van der Waals surface area contributed by atoms with Crippen molar-refractivity contribution in [3.8, 4) is 5.75 Å². The van der Waals surface area contributed by atoms with Gasteiger partial charge in [0.15, 0.2) is 0 Å². The number of ether oxygens (including phenoxy) is 1. The molecule has 1 atom stereocenters. The van der Waals surface area contributed by atoms with Crippen LogP contribution in [0.4, 0.5) is 0 Å². The van der Waals surface area contributed by atoms with E-state index in [4.69, 9.17) is 4.74 Å². The number of hydrogen-bond acceptors (Lipinski definition) is 3. The Hall–Kier alpha value is -2.33. The number of aromatic nitrogens is 2. The monoisotopic (exact) mass is 267 g/mol. The number of methoxy groups -OCH3 is 1. The summed E-state index contributed by atoms with van der Waals surface area (Å²) in [6.07, 6.45) is 3.87. The number of rotatable bonds is 4. The quantitative estimate of drug-likeness (QED) is 0.790. The summed E-state index contributed by atoms with van der Waals surface area (Å²) in [7, 11) is 3.64. The Labute approximate surface area is 118 Å². The molecule has 0 aliphatic heterocycles. The minimum atomic E-state index is 0.0880. The fourth-order valence-electron chi connectivity index (χ4n) is 2.50. The maximum Gasteiger partial charge on any atom is 0.119 e. The van der Waals surface area contributed by atoms with Crippen LogP contribution in [0, 0.1) is 0 Å². The highest BCUT2D eigenvalue weighted by Gasteiger charge is 2.17. The standard InChI is InChI=1S/C16H17N3O/c1-17-16(12-6-5-7-13(10-12)20-2)14-11-18-19-9-4-3-8-15(14)19/h3-11,16-17H,1-2H3. The molecule has 0 spiro atoms. The normalized spacial score (nSPS) is 12.5. The third-order valence-corrected chi connectivity index (χ3v) is 3.48. The first-order valence-corrected chi connectivity index (χ1v) is 6.57. The van der Waals surface area contributed by atoms with E-state index in [1.165, 1.54) is 0 Å². The number of pyridine rings is 1. The summed E-state index contributed by atoms with van der Waals surface area (Å²) < 4.78 is 7.19. The molecule has 2 heterocycles. The van der Waals surface area contributed by atoms with E-state index in [2.05, 4.69) is 22.5 Å². The molecule has 4 heteroatoms. The molecule has 0 saturated carbocycles. The van der Waals surface area contributed by atoms with Gasteiger partial charge in [-0.25, -0.2) is 4.52 Å². The summed E-state index contributed by atoms with van der Waals surface area (Å²) in [6, 6.07) is 14.3. The first kappa shape index (κ1) is 12.7. The SMILES string of the molecule is CNC(c1cccc(OC)c1)c1cnn2ccccc12. The molecule has 0 saturated heterocycles. The summed E-state index contributed by atoms with van der Waals surface area (Å²) in [4.78, 5) is 0. The number of nitrogens with zero attached hydrogens (tertiary/aromatic N) is 2. The molecule has 0 amide bonds. The van der Waals surface area contributed by atoms with Gasteiger partial charge in [-0.2, -0.15) is 5.10 Å². The Morgan fingerprint density at radius 1 is 1.20 bits per heavy atom. The van der Waals surface area contributed by atoms with Gasteiger partial charge >= 0.3 is 0 Å². The lowest BCUT2D eigenvalue weighted by atomic mass is 10.00. The fourth-order valence-corrected chi connectivity index (χ4v) is 2.50. The molecule has 2 aromatic heterocycles. The van der Waals surface area contributed by atoms with E-state index in [9.17, 15) is 0 Å². The van der Waals surface area contributed by atoms with Gasteiger partial charge < -0.3 is 10.1 Å². The Morgan fingerprint density at radius 2 is 2.10 bits per heavy atom. The number of hydrogen-bond donors (Lipinski definition) is 1. The van der Waals surface area contributed by atoms with Crippen molar-refractivity contribution in [1.82, 2.24) is 14.9 Å². The second kappa shape index (κ2) is 5.35. The lowest BCUT2D eigenvalue weighted by molar-refractivity contribution is 0.414. The van der Waals surface area contributed by atoms with E-state index in [0.717, 1.165) is 22.4 Å². The predicted molar refractivity (Wildman–Crippen MR) is 79.1 cm³/mol. The van der Waals surface area contributed by atoms with Gasteiger partial charge in [-0.3, -0.25) is 0 Å². The summed E-state index contributed by atoms with van der Waals surface area (Å²) in [6.45, 7) is 0. The Bertz CT molecular complexity index is 720. The van der Waals surface area contributed by atoms with E-state index in [0.29, 0.717) is 0 Å². The highest BCUT2D eigenvalue weighted by molar-refractivity contribution is 5.57. The van der Waals surface area contributed by atoms with E-state index >= 15 is 0 Å². The first-order valence-electron chi connectivity index (χ1n) is 6.57. The van der Waals surface area contributed by atoms with Crippen molar-refractivity contribution in [2.24, 2.45) is 0 Å². The largest absolute Gasteiger partial charge is 0.497 e. The number of fused-ring (bicyclic) bond motifs is 1. The minimum Gasteiger partial charge on any atom is -0.497 e. The van der Waals surface area contributed by atoms with Crippen LogP contribution in [0.25, 0.3) is 5.52 Å². The van der Waals surface area contributed by atoms with Crippen LogP contribution >= 0.6 is 0 Å². The summed E-state index contributed by atoms with van der Waals surface area (Å²) in [5.41, 5.74) is 3.42. The lowest BCUT2D eigenvalue weighted by Crippen LogP contribution is -2.17. The topological polar surface area (TPSA) is 38.6 Å². The van der Waals surface area contributed by atoms with Crippen molar-refractivity contribution < 1.29 is 4.74 Å². The van der Waals surface area contributed by atoms with E-state index in [1.807, 2.05) is 54.3 Å². The van der Waals surface area contributed by atoms with Gasteiger partial charge in [0, 0.05) is 11.8 Å². The van der Waals surface area contributed by atoms with Gasteiger partial charge in [0.25, 0.3) is 0 Å². The van der Waals surface area contributed by atoms with Gasteiger partial charge in [-0.15, -0.1) is 0 Å². The van der Waals surface area contributed by atoms with Gasteiger partial charge in [0.05, 0.1) is 24.9 Å². The molecule has 1 aromatic carbocycles. The van der Waals surface area contributed by atoms with E-state index in [-0.39, 0.29) is 6.04 Å². The van der Waals surface area contributed by atoms with Crippen LogP contribution in [0.2, 0.25) is 0 Å². The van der Waals surface area contributed by atoms with Crippen LogP contribution in [0.5, 0.6) is 5.75 Å². The average molecular weight is 267 g/mol. The molecular formula is C16H17N3O. The second-order valence-corrected chi connectivity index (χ2v) is 4.63. The summed E-state index contributed by atoms with van der Waals surface area (Å²) in [5, 5.41) is 7.76. The van der Waals surface area contributed by atoms with Crippen LogP contribution in [0.15, 0.2) is 54.9 Å². The zero-order chi connectivity index (χ0) is 13.9. The Balaban J connectivity index is 2.09. The van der Waals surface area contributed by atoms with Crippen molar-refractivity contribution in [2.75, 3.05) is 14.2 Å². The number of benzene rings is 1. The molecule has 0 fully saturated rings. The van der Waals surface area contributed by atoms with E-state index in [1.54, 1.807) is 7.11 Å². The molecular weight excluding hydrogens is 250 g/mol. The van der Waals surface area contributed by atoms with Gasteiger partial charge in [0.1, 0.15) is 5.75 Å². The van der Waals surface area contributed by atoms with E-state index < -0.39 is 0 Å². The maximum atomic E-state index is 5.31. The molecule has 3 rings (SSSR count). The molecule has 0 aliphatic rings. The lowest BCUT2D eigenvalue weighted by Gasteiger charge is -2.16. The molecule has 0 radical (unpaired) electrons. The van der Waals surface area contributed by atoms with Crippen LogP contribution < -0.4 is 10.1 Å². The van der Waals surface area contributed by atoms with Crippen LogP contribution in [-0.2, 0) is 0 Å². The van der Waals surface area contributed by atoms with Crippen LogP contribution in [0.1, 0.15) is 17.2 Å². The first-order chi connectivity index (χ1) is 9.83. The minimum absolute atomic E-state index is 0.0880. The third kappa shape index (κ3) is 2.14. The van der Waals surface area contributed by atoms with Crippen LogP contribution in [0.3, 0.4) is 0 Å². The highest BCUT2D eigenvalue weighted by Crippen LogP contribution is 2.27. The molecule has 0 bridgehead atoms. The summed E-state index contributed by atoms with van der Waals surface area (Å²) >= 11 is 0. The molecule has 102 valence electrons. The smallest absolute Gasteiger partial charge is 0.119 e. The van der Waals surface area contributed by atoms with Crippen molar-refractivity contribution in [3.05, 3.63) is 66.0 Å². The molecule has 3 aromatic rings. The molecule has 1 N–H and O–H groups in total.